The van der Waals surface area contributed by atoms with Crippen molar-refractivity contribution in [2.45, 2.75) is 45.7 Å². The topological polar surface area (TPSA) is 63.1 Å². The van der Waals surface area contributed by atoms with Gasteiger partial charge in [0, 0.05) is 12.6 Å². The van der Waals surface area contributed by atoms with Crippen LogP contribution in [0.1, 0.15) is 39.7 Å². The predicted octanol–water partition coefficient (Wildman–Crippen LogP) is 1.08. The number of nitrogens with one attached hydrogen (secondary N) is 1. The second kappa shape index (κ2) is 6.83. The van der Waals surface area contributed by atoms with Crippen molar-refractivity contribution in [2.75, 3.05) is 19.6 Å². The van der Waals surface area contributed by atoms with Crippen molar-refractivity contribution in [3.63, 3.8) is 0 Å². The van der Waals surface area contributed by atoms with Crippen molar-refractivity contribution in [2.24, 2.45) is 5.92 Å². The molecule has 0 aromatic carbocycles. The lowest BCUT2D eigenvalue weighted by Gasteiger charge is -2.34. The van der Waals surface area contributed by atoms with Gasteiger partial charge in [0.2, 0.25) is 5.91 Å². The first kappa shape index (κ1) is 15.0. The Morgan fingerprint density at radius 1 is 1.40 bits per heavy atom. The van der Waals surface area contributed by atoms with Gasteiger partial charge >= 0.3 is 0 Å². The van der Waals surface area contributed by atoms with Crippen LogP contribution in [-0.2, 0) is 4.79 Å². The largest absolute Gasteiger partial charge is 0.338 e. The second-order valence-electron chi connectivity index (χ2n) is 5.83. The quantitative estimate of drug-likeness (QED) is 0.876. The van der Waals surface area contributed by atoms with Crippen molar-refractivity contribution in [1.82, 2.24) is 25.0 Å². The Morgan fingerprint density at radius 3 is 2.65 bits per heavy atom. The van der Waals surface area contributed by atoms with Crippen molar-refractivity contribution in [3.05, 3.63) is 12.7 Å². The minimum atomic E-state index is -0.290. The molecule has 0 bridgehead atoms. The number of aromatic nitrogens is 3. The maximum atomic E-state index is 12.7. The fourth-order valence-corrected chi connectivity index (χ4v) is 2.67. The maximum Gasteiger partial charge on any atom is 0.247 e. The van der Waals surface area contributed by atoms with Gasteiger partial charge in [-0.05, 0) is 52.6 Å². The number of carbonyl (C=O) groups excluding carboxylic acids is 1. The number of hydrogen-bond donors (Lipinski definition) is 1. The molecule has 1 unspecified atom stereocenters. The standard InChI is InChI=1S/C14H25N5O/c1-11(2)18(8-13-4-6-15-7-5-13)14(20)12(3)19-10-16-9-17-19/h9-13,15H,4-8H2,1-3H3. The van der Waals surface area contributed by atoms with Crippen LogP contribution in [0.4, 0.5) is 0 Å². The SMILES string of the molecule is CC(C)N(CC1CCNCC1)C(=O)C(C)n1cncn1. The molecule has 1 saturated heterocycles. The summed E-state index contributed by atoms with van der Waals surface area (Å²) in [5.41, 5.74) is 0. The third-order valence-electron chi connectivity index (χ3n) is 4.01. The normalized spacial score (nSPS) is 18.2. The summed E-state index contributed by atoms with van der Waals surface area (Å²) >= 11 is 0. The van der Waals surface area contributed by atoms with Crippen LogP contribution in [0.15, 0.2) is 12.7 Å². The molecular formula is C14H25N5O. The molecule has 1 aliphatic heterocycles. The van der Waals surface area contributed by atoms with Crippen LogP contribution in [0.5, 0.6) is 0 Å². The van der Waals surface area contributed by atoms with Crippen LogP contribution in [0.3, 0.4) is 0 Å². The molecular weight excluding hydrogens is 254 g/mol. The number of nitrogens with zero attached hydrogens (tertiary/aromatic N) is 4. The highest BCUT2D eigenvalue weighted by molar-refractivity contribution is 5.80. The molecule has 1 N–H and O–H groups in total. The first-order chi connectivity index (χ1) is 9.59. The van der Waals surface area contributed by atoms with Crippen LogP contribution < -0.4 is 5.32 Å². The van der Waals surface area contributed by atoms with Crippen molar-refractivity contribution in [1.29, 1.82) is 0 Å². The van der Waals surface area contributed by atoms with Crippen LogP contribution in [0.25, 0.3) is 0 Å². The molecule has 0 saturated carbocycles. The molecule has 2 heterocycles. The summed E-state index contributed by atoms with van der Waals surface area (Å²) in [5.74, 6) is 0.731. The molecule has 0 aliphatic carbocycles. The Balaban J connectivity index is 2.01. The van der Waals surface area contributed by atoms with Gasteiger partial charge in [0.1, 0.15) is 18.7 Å². The van der Waals surface area contributed by atoms with E-state index in [9.17, 15) is 4.79 Å². The van der Waals surface area contributed by atoms with E-state index in [-0.39, 0.29) is 18.0 Å². The number of rotatable bonds is 5. The highest BCUT2D eigenvalue weighted by Crippen LogP contribution is 2.18. The Labute approximate surface area is 120 Å². The van der Waals surface area contributed by atoms with Crippen LogP contribution in [0.2, 0.25) is 0 Å². The minimum absolute atomic E-state index is 0.129. The molecule has 1 aromatic rings. The number of carbonyl (C=O) groups is 1. The molecule has 1 aromatic heterocycles. The third-order valence-corrected chi connectivity index (χ3v) is 4.01. The van der Waals surface area contributed by atoms with Crippen LogP contribution in [-0.4, -0.2) is 51.2 Å². The minimum Gasteiger partial charge on any atom is -0.338 e. The van der Waals surface area contributed by atoms with Crippen molar-refractivity contribution >= 4 is 5.91 Å². The zero-order chi connectivity index (χ0) is 14.5. The van der Waals surface area contributed by atoms with Crippen molar-refractivity contribution < 1.29 is 4.79 Å². The Hall–Kier alpha value is -1.43. The van der Waals surface area contributed by atoms with Gasteiger partial charge in [-0.1, -0.05) is 0 Å². The highest BCUT2D eigenvalue weighted by Gasteiger charge is 2.27. The van der Waals surface area contributed by atoms with E-state index in [4.69, 9.17) is 0 Å². The highest BCUT2D eigenvalue weighted by atomic mass is 16.2. The van der Waals surface area contributed by atoms with E-state index >= 15 is 0 Å². The molecule has 2 rings (SSSR count). The number of hydrogen-bond acceptors (Lipinski definition) is 4. The Morgan fingerprint density at radius 2 is 2.10 bits per heavy atom. The molecule has 1 atom stereocenters. The van der Waals surface area contributed by atoms with E-state index in [1.165, 1.54) is 6.33 Å². The number of piperidine rings is 1. The van der Waals surface area contributed by atoms with E-state index in [2.05, 4.69) is 29.2 Å². The van der Waals surface area contributed by atoms with Gasteiger partial charge in [-0.15, -0.1) is 0 Å². The van der Waals surface area contributed by atoms with E-state index in [1.807, 2.05) is 11.8 Å². The molecule has 1 amide bonds. The van der Waals surface area contributed by atoms with Gasteiger partial charge in [-0.3, -0.25) is 4.79 Å². The number of amides is 1. The molecule has 1 fully saturated rings. The lowest BCUT2D eigenvalue weighted by molar-refractivity contribution is -0.137. The monoisotopic (exact) mass is 279 g/mol. The first-order valence-corrected chi connectivity index (χ1v) is 7.45. The van der Waals surface area contributed by atoms with Gasteiger partial charge in [0.15, 0.2) is 0 Å². The summed E-state index contributed by atoms with van der Waals surface area (Å²) in [5, 5.41) is 7.44. The summed E-state index contributed by atoms with van der Waals surface area (Å²) in [6.45, 7) is 9.00. The van der Waals surface area contributed by atoms with Crippen LogP contribution in [0, 0.1) is 5.92 Å². The van der Waals surface area contributed by atoms with E-state index < -0.39 is 0 Å². The van der Waals surface area contributed by atoms with Gasteiger partial charge < -0.3 is 10.2 Å². The zero-order valence-electron chi connectivity index (χ0n) is 12.6. The van der Waals surface area contributed by atoms with Gasteiger partial charge in [0.25, 0.3) is 0 Å². The van der Waals surface area contributed by atoms with Gasteiger partial charge in [-0.2, -0.15) is 5.10 Å². The summed E-state index contributed by atoms with van der Waals surface area (Å²) in [6.07, 6.45) is 5.37. The predicted molar refractivity (Wildman–Crippen MR) is 77.2 cm³/mol. The summed E-state index contributed by atoms with van der Waals surface area (Å²) in [7, 11) is 0. The average Bonchev–Trinajstić information content (AvgIpc) is 2.98. The third kappa shape index (κ3) is 3.56. The maximum absolute atomic E-state index is 12.7. The summed E-state index contributed by atoms with van der Waals surface area (Å²) in [6, 6.07) is -0.0787. The van der Waals surface area contributed by atoms with E-state index in [0.717, 1.165) is 32.5 Å². The Kier molecular flexibility index (Phi) is 5.11. The molecule has 6 nitrogen and oxygen atoms in total. The first-order valence-electron chi connectivity index (χ1n) is 7.45. The van der Waals surface area contributed by atoms with Crippen LogP contribution >= 0.6 is 0 Å². The van der Waals surface area contributed by atoms with Crippen molar-refractivity contribution in [3.8, 4) is 0 Å². The van der Waals surface area contributed by atoms with E-state index in [1.54, 1.807) is 11.0 Å². The molecule has 112 valence electrons. The average molecular weight is 279 g/mol. The molecule has 0 spiro atoms. The van der Waals surface area contributed by atoms with E-state index in [0.29, 0.717) is 5.92 Å². The molecule has 0 radical (unpaired) electrons. The fraction of sp³-hybridized carbons (Fsp3) is 0.786. The summed E-state index contributed by atoms with van der Waals surface area (Å²) < 4.78 is 1.63. The Bertz CT molecular complexity index is 411. The lowest BCUT2D eigenvalue weighted by Crippen LogP contribution is -2.45. The smallest absolute Gasteiger partial charge is 0.247 e. The molecule has 6 heteroatoms. The second-order valence-corrected chi connectivity index (χ2v) is 5.83. The molecule has 20 heavy (non-hydrogen) atoms. The van der Waals surface area contributed by atoms with Gasteiger partial charge in [-0.25, -0.2) is 9.67 Å². The summed E-state index contributed by atoms with van der Waals surface area (Å²) in [4.78, 5) is 18.6. The fourth-order valence-electron chi connectivity index (χ4n) is 2.67. The zero-order valence-corrected chi connectivity index (χ0v) is 12.6. The lowest BCUT2D eigenvalue weighted by atomic mass is 9.96. The van der Waals surface area contributed by atoms with Gasteiger partial charge in [0.05, 0.1) is 0 Å². The molecule has 1 aliphatic rings.